The molecule has 0 spiro atoms. The molecule has 120 valence electrons. The van der Waals surface area contributed by atoms with Crippen molar-refractivity contribution in [1.29, 1.82) is 0 Å². The third-order valence-corrected chi connectivity index (χ3v) is 6.53. The van der Waals surface area contributed by atoms with Gasteiger partial charge < -0.3 is 10.1 Å². The molecule has 1 aromatic carbocycles. The first-order valence-electron chi connectivity index (χ1n) is 8.42. The summed E-state index contributed by atoms with van der Waals surface area (Å²) in [6.45, 7) is 9.69. The van der Waals surface area contributed by atoms with Crippen molar-refractivity contribution in [3.8, 4) is 5.75 Å². The molecular formula is C19H27NO2. The number of benzene rings is 1. The van der Waals surface area contributed by atoms with Gasteiger partial charge in [0.15, 0.2) is 0 Å². The Kier molecular flexibility index (Phi) is 3.70. The van der Waals surface area contributed by atoms with E-state index >= 15 is 0 Å². The minimum Gasteiger partial charge on any atom is -0.494 e. The average Bonchev–Trinajstić information content (AvgIpc) is 2.81. The number of hydrogen-bond acceptors (Lipinski definition) is 2. The number of amides is 1. The largest absolute Gasteiger partial charge is 0.494 e. The predicted molar refractivity (Wildman–Crippen MR) is 88.1 cm³/mol. The van der Waals surface area contributed by atoms with Crippen LogP contribution in [0.25, 0.3) is 0 Å². The Morgan fingerprint density at radius 1 is 1.27 bits per heavy atom. The van der Waals surface area contributed by atoms with Crippen molar-refractivity contribution in [2.75, 3.05) is 6.61 Å². The smallest absolute Gasteiger partial charge is 0.251 e. The zero-order chi connectivity index (χ0) is 16.0. The molecule has 22 heavy (non-hydrogen) atoms. The third-order valence-electron chi connectivity index (χ3n) is 6.53. The summed E-state index contributed by atoms with van der Waals surface area (Å²) in [5.74, 6) is 1.59. The lowest BCUT2D eigenvalue weighted by atomic mass is 9.69. The molecule has 0 saturated heterocycles. The molecule has 0 aromatic heterocycles. The highest BCUT2D eigenvalue weighted by atomic mass is 16.5. The van der Waals surface area contributed by atoms with Crippen LogP contribution in [0.2, 0.25) is 0 Å². The lowest BCUT2D eigenvalue weighted by Gasteiger charge is -2.39. The van der Waals surface area contributed by atoms with Crippen LogP contribution < -0.4 is 10.1 Å². The molecule has 1 amide bonds. The first-order valence-corrected chi connectivity index (χ1v) is 8.42. The second-order valence-electron chi connectivity index (χ2n) is 7.59. The second kappa shape index (κ2) is 5.29. The minimum atomic E-state index is 0.0395. The Morgan fingerprint density at radius 3 is 2.45 bits per heavy atom. The van der Waals surface area contributed by atoms with Gasteiger partial charge in [0.2, 0.25) is 0 Å². The van der Waals surface area contributed by atoms with Crippen LogP contribution >= 0.6 is 0 Å². The van der Waals surface area contributed by atoms with E-state index in [2.05, 4.69) is 26.1 Å². The Labute approximate surface area is 133 Å². The molecule has 2 aliphatic carbocycles. The van der Waals surface area contributed by atoms with Gasteiger partial charge in [-0.15, -0.1) is 0 Å². The van der Waals surface area contributed by atoms with Gasteiger partial charge in [0.1, 0.15) is 5.75 Å². The van der Waals surface area contributed by atoms with Crippen LogP contribution in [-0.4, -0.2) is 18.6 Å². The van der Waals surface area contributed by atoms with Gasteiger partial charge in [-0.05, 0) is 67.2 Å². The molecule has 3 heteroatoms. The summed E-state index contributed by atoms with van der Waals surface area (Å²) < 4.78 is 5.43. The van der Waals surface area contributed by atoms with Gasteiger partial charge in [-0.25, -0.2) is 0 Å². The van der Waals surface area contributed by atoms with Crippen molar-refractivity contribution < 1.29 is 9.53 Å². The molecule has 1 aromatic rings. The number of nitrogens with one attached hydrogen (secondary N) is 1. The predicted octanol–water partition coefficient (Wildman–Crippen LogP) is 4.03. The van der Waals surface area contributed by atoms with Gasteiger partial charge in [0, 0.05) is 11.6 Å². The quantitative estimate of drug-likeness (QED) is 0.912. The molecule has 0 aliphatic heterocycles. The zero-order valence-corrected chi connectivity index (χ0v) is 14.1. The van der Waals surface area contributed by atoms with Gasteiger partial charge in [-0.1, -0.05) is 20.8 Å². The van der Waals surface area contributed by atoms with E-state index in [-0.39, 0.29) is 11.3 Å². The van der Waals surface area contributed by atoms with E-state index in [0.717, 1.165) is 18.1 Å². The number of ether oxygens (including phenoxy) is 1. The van der Waals surface area contributed by atoms with Crippen molar-refractivity contribution in [2.24, 2.45) is 16.7 Å². The van der Waals surface area contributed by atoms with Gasteiger partial charge >= 0.3 is 0 Å². The van der Waals surface area contributed by atoms with Gasteiger partial charge in [0.25, 0.3) is 5.91 Å². The zero-order valence-electron chi connectivity index (χ0n) is 14.1. The van der Waals surface area contributed by atoms with E-state index in [1.165, 1.54) is 12.8 Å². The molecule has 3 atom stereocenters. The first kappa shape index (κ1) is 15.4. The molecule has 2 saturated carbocycles. The van der Waals surface area contributed by atoms with Crippen molar-refractivity contribution in [3.05, 3.63) is 29.8 Å². The molecule has 1 N–H and O–H groups in total. The summed E-state index contributed by atoms with van der Waals surface area (Å²) in [6, 6.07) is 7.72. The monoisotopic (exact) mass is 301 g/mol. The molecule has 3 rings (SSSR count). The van der Waals surface area contributed by atoms with E-state index in [1.807, 2.05) is 31.2 Å². The Hall–Kier alpha value is -1.51. The number of rotatable bonds is 4. The van der Waals surface area contributed by atoms with E-state index < -0.39 is 0 Å². The Bertz CT molecular complexity index is 563. The van der Waals surface area contributed by atoms with E-state index in [1.54, 1.807) is 0 Å². The number of hydrogen-bond donors (Lipinski definition) is 1. The summed E-state index contributed by atoms with van der Waals surface area (Å²) in [5, 5.41) is 3.29. The molecule has 2 bridgehead atoms. The van der Waals surface area contributed by atoms with Crippen LogP contribution in [-0.2, 0) is 0 Å². The molecule has 0 radical (unpaired) electrons. The Morgan fingerprint density at radius 2 is 1.95 bits per heavy atom. The van der Waals surface area contributed by atoms with Crippen molar-refractivity contribution in [3.63, 3.8) is 0 Å². The fourth-order valence-corrected chi connectivity index (χ4v) is 4.53. The summed E-state index contributed by atoms with van der Waals surface area (Å²) in [4.78, 5) is 12.5. The minimum absolute atomic E-state index is 0.0395. The molecule has 0 unspecified atom stereocenters. The maximum absolute atomic E-state index is 12.5. The highest BCUT2D eigenvalue weighted by Crippen LogP contribution is 2.65. The lowest BCUT2D eigenvalue weighted by Crippen LogP contribution is -2.46. The van der Waals surface area contributed by atoms with Gasteiger partial charge in [-0.2, -0.15) is 0 Å². The van der Waals surface area contributed by atoms with E-state index in [4.69, 9.17) is 4.74 Å². The fourth-order valence-electron chi connectivity index (χ4n) is 4.53. The summed E-state index contributed by atoms with van der Waals surface area (Å²) in [6.07, 6.45) is 3.64. The summed E-state index contributed by atoms with van der Waals surface area (Å²) >= 11 is 0. The standard InChI is InChI=1S/C19H27NO2/c1-5-22-15-8-6-13(7-9-15)17(21)20-16-12-14-10-11-19(16,4)18(14,2)3/h6-9,14,16H,5,10-12H2,1-4H3,(H,20,21)/t14-,16+,19-/m0/s1. The molecule has 0 heterocycles. The van der Waals surface area contributed by atoms with Crippen molar-refractivity contribution >= 4 is 5.91 Å². The highest BCUT2D eigenvalue weighted by molar-refractivity contribution is 5.94. The summed E-state index contributed by atoms with van der Waals surface area (Å²) in [5.41, 5.74) is 1.26. The van der Waals surface area contributed by atoms with Crippen LogP contribution in [0.15, 0.2) is 24.3 Å². The first-order chi connectivity index (χ1) is 10.4. The van der Waals surface area contributed by atoms with Gasteiger partial charge in [0.05, 0.1) is 6.61 Å². The normalized spacial score (nSPS) is 32.0. The molecular weight excluding hydrogens is 274 g/mol. The maximum atomic E-state index is 12.5. The fraction of sp³-hybridized carbons (Fsp3) is 0.632. The summed E-state index contributed by atoms with van der Waals surface area (Å²) in [7, 11) is 0. The Balaban J connectivity index is 1.70. The molecule has 3 nitrogen and oxygen atoms in total. The van der Waals surface area contributed by atoms with Crippen LogP contribution in [0.3, 0.4) is 0 Å². The third kappa shape index (κ3) is 2.22. The van der Waals surface area contributed by atoms with Crippen LogP contribution in [0, 0.1) is 16.7 Å². The van der Waals surface area contributed by atoms with E-state index in [9.17, 15) is 4.79 Å². The molecule has 2 fully saturated rings. The number of carbonyl (C=O) groups is 1. The SMILES string of the molecule is CCOc1ccc(C(=O)N[C@@H]2C[C@@H]3CC[C@]2(C)C3(C)C)cc1. The average molecular weight is 301 g/mol. The second-order valence-corrected chi connectivity index (χ2v) is 7.59. The van der Waals surface area contributed by atoms with Crippen molar-refractivity contribution in [2.45, 2.75) is 53.0 Å². The highest BCUT2D eigenvalue weighted by Gasteiger charge is 2.61. The topological polar surface area (TPSA) is 38.3 Å². The number of fused-ring (bicyclic) bond motifs is 2. The van der Waals surface area contributed by atoms with E-state index in [0.29, 0.717) is 23.6 Å². The van der Waals surface area contributed by atoms with Crippen molar-refractivity contribution in [1.82, 2.24) is 5.32 Å². The lowest BCUT2D eigenvalue weighted by molar-refractivity contribution is 0.0826. The van der Waals surface area contributed by atoms with Crippen LogP contribution in [0.5, 0.6) is 5.75 Å². The maximum Gasteiger partial charge on any atom is 0.251 e. The van der Waals surface area contributed by atoms with Crippen LogP contribution in [0.4, 0.5) is 0 Å². The molecule has 2 aliphatic rings. The van der Waals surface area contributed by atoms with Gasteiger partial charge in [-0.3, -0.25) is 4.79 Å². The number of carbonyl (C=O) groups excluding carboxylic acids is 1. The van der Waals surface area contributed by atoms with Crippen LogP contribution in [0.1, 0.15) is 57.3 Å².